The van der Waals surface area contributed by atoms with Crippen LogP contribution >= 0.6 is 11.8 Å². The highest BCUT2D eigenvalue weighted by molar-refractivity contribution is 8.00. The Labute approximate surface area is 188 Å². The van der Waals surface area contributed by atoms with Gasteiger partial charge in [-0.25, -0.2) is 9.37 Å². The summed E-state index contributed by atoms with van der Waals surface area (Å²) in [6, 6.07) is 22.6. The second-order valence-electron chi connectivity index (χ2n) is 7.69. The molecule has 1 aliphatic rings. The number of nitrogens with one attached hydrogen (secondary N) is 1. The number of halogens is 1. The zero-order chi connectivity index (χ0) is 22.1. The van der Waals surface area contributed by atoms with E-state index in [1.165, 1.54) is 10.6 Å². The summed E-state index contributed by atoms with van der Waals surface area (Å²) in [5.74, 6) is -0.682. The van der Waals surface area contributed by atoms with Gasteiger partial charge in [0.25, 0.3) is 5.56 Å². The molecule has 1 saturated carbocycles. The molecular formula is C25H20FN3O2S. The van der Waals surface area contributed by atoms with E-state index in [1.807, 2.05) is 30.3 Å². The van der Waals surface area contributed by atoms with Crippen molar-refractivity contribution >= 4 is 28.6 Å². The number of para-hydroxylation sites is 2. The van der Waals surface area contributed by atoms with Gasteiger partial charge in [0, 0.05) is 6.04 Å². The number of nitrogens with zero attached hydrogens (tertiary/aromatic N) is 2. The summed E-state index contributed by atoms with van der Waals surface area (Å²) in [5, 5.41) is 3.06. The summed E-state index contributed by atoms with van der Waals surface area (Å²) in [6.07, 6.45) is 1.93. The Balaban J connectivity index is 1.67. The van der Waals surface area contributed by atoms with Gasteiger partial charge in [0.05, 0.1) is 16.6 Å². The largest absolute Gasteiger partial charge is 0.352 e. The molecule has 32 heavy (non-hydrogen) atoms. The molecule has 1 aromatic heterocycles. The third-order valence-electron chi connectivity index (χ3n) is 5.33. The standard InChI is InChI=1S/C25H20FN3O2S/c26-19-11-5-7-13-21(19)29-24(31)18-10-4-6-12-20(18)28-25(29)32-22(16-8-2-1-3-9-16)23(30)27-17-14-15-17/h1-13,17,22H,14-15H2,(H,27,30)/t22-/m0/s1. The van der Waals surface area contributed by atoms with Gasteiger partial charge >= 0.3 is 0 Å². The van der Waals surface area contributed by atoms with Crippen LogP contribution in [0.4, 0.5) is 4.39 Å². The summed E-state index contributed by atoms with van der Waals surface area (Å²) in [4.78, 5) is 31.2. The number of amides is 1. The zero-order valence-corrected chi connectivity index (χ0v) is 17.9. The second-order valence-corrected chi connectivity index (χ2v) is 8.77. The van der Waals surface area contributed by atoms with E-state index in [9.17, 15) is 14.0 Å². The van der Waals surface area contributed by atoms with Gasteiger partial charge in [-0.1, -0.05) is 66.4 Å². The maximum atomic E-state index is 14.8. The Morgan fingerprint density at radius 2 is 1.69 bits per heavy atom. The maximum absolute atomic E-state index is 14.8. The zero-order valence-electron chi connectivity index (χ0n) is 17.1. The smallest absolute Gasteiger partial charge is 0.266 e. The predicted molar refractivity (Wildman–Crippen MR) is 124 cm³/mol. The van der Waals surface area contributed by atoms with E-state index in [0.29, 0.717) is 10.9 Å². The summed E-state index contributed by atoms with van der Waals surface area (Å²) in [6.45, 7) is 0. The molecule has 5 rings (SSSR count). The minimum Gasteiger partial charge on any atom is -0.352 e. The van der Waals surface area contributed by atoms with Crippen molar-refractivity contribution in [1.29, 1.82) is 0 Å². The van der Waals surface area contributed by atoms with Crippen LogP contribution in [0.3, 0.4) is 0 Å². The van der Waals surface area contributed by atoms with Crippen molar-refractivity contribution in [2.75, 3.05) is 0 Å². The molecule has 0 unspecified atom stereocenters. The predicted octanol–water partition coefficient (Wildman–Crippen LogP) is 4.64. The Hall–Kier alpha value is -3.45. The van der Waals surface area contributed by atoms with Crippen molar-refractivity contribution in [3.8, 4) is 5.69 Å². The highest BCUT2D eigenvalue weighted by Crippen LogP contribution is 2.36. The second kappa shape index (κ2) is 8.59. The topological polar surface area (TPSA) is 64.0 Å². The van der Waals surface area contributed by atoms with Crippen LogP contribution in [0.2, 0.25) is 0 Å². The van der Waals surface area contributed by atoms with Gasteiger partial charge in [-0.05, 0) is 42.7 Å². The van der Waals surface area contributed by atoms with E-state index in [0.717, 1.165) is 30.2 Å². The number of benzene rings is 3. The molecule has 7 heteroatoms. The third-order valence-corrected chi connectivity index (χ3v) is 6.53. The average Bonchev–Trinajstić information content (AvgIpc) is 3.63. The molecule has 1 N–H and O–H groups in total. The van der Waals surface area contributed by atoms with E-state index < -0.39 is 11.1 Å². The lowest BCUT2D eigenvalue weighted by Gasteiger charge is -2.19. The molecule has 0 radical (unpaired) electrons. The van der Waals surface area contributed by atoms with E-state index in [4.69, 9.17) is 0 Å². The van der Waals surface area contributed by atoms with Crippen LogP contribution in [0.5, 0.6) is 0 Å². The maximum Gasteiger partial charge on any atom is 0.266 e. The Bertz CT molecular complexity index is 1350. The quantitative estimate of drug-likeness (QED) is 0.347. The molecule has 5 nitrogen and oxygen atoms in total. The first kappa shape index (κ1) is 20.5. The lowest BCUT2D eigenvalue weighted by molar-refractivity contribution is -0.120. The van der Waals surface area contributed by atoms with Crippen molar-refractivity contribution in [1.82, 2.24) is 14.9 Å². The highest BCUT2D eigenvalue weighted by atomic mass is 32.2. The normalized spacial score (nSPS) is 14.3. The number of hydrogen-bond donors (Lipinski definition) is 1. The summed E-state index contributed by atoms with van der Waals surface area (Å²) in [7, 11) is 0. The number of carbonyl (C=O) groups is 1. The van der Waals surface area contributed by atoms with Gasteiger partial charge in [0.1, 0.15) is 11.1 Å². The average molecular weight is 446 g/mol. The van der Waals surface area contributed by atoms with Crippen molar-refractivity contribution in [3.05, 3.63) is 101 Å². The van der Waals surface area contributed by atoms with Gasteiger partial charge in [0.15, 0.2) is 5.16 Å². The Morgan fingerprint density at radius 1 is 1.00 bits per heavy atom. The van der Waals surface area contributed by atoms with Crippen molar-refractivity contribution in [2.45, 2.75) is 29.3 Å². The summed E-state index contributed by atoms with van der Waals surface area (Å²) < 4.78 is 16.0. The fourth-order valence-corrected chi connectivity index (χ4v) is 4.66. The number of hydrogen-bond acceptors (Lipinski definition) is 4. The van der Waals surface area contributed by atoms with Crippen molar-refractivity contribution < 1.29 is 9.18 Å². The van der Waals surface area contributed by atoms with Gasteiger partial charge in [-0.15, -0.1) is 0 Å². The molecule has 0 aliphatic heterocycles. The fourth-order valence-electron chi connectivity index (χ4n) is 3.55. The molecule has 0 saturated heterocycles. The van der Waals surface area contributed by atoms with E-state index >= 15 is 0 Å². The van der Waals surface area contributed by atoms with Gasteiger partial charge < -0.3 is 5.32 Å². The number of rotatable bonds is 6. The first-order valence-corrected chi connectivity index (χ1v) is 11.3. The highest BCUT2D eigenvalue weighted by Gasteiger charge is 2.30. The van der Waals surface area contributed by atoms with Crippen LogP contribution in [-0.4, -0.2) is 21.5 Å². The fraction of sp³-hybridized carbons (Fsp3) is 0.160. The summed E-state index contributed by atoms with van der Waals surface area (Å²) >= 11 is 1.15. The van der Waals surface area contributed by atoms with Crippen LogP contribution in [0, 0.1) is 5.82 Å². The molecule has 1 amide bonds. The molecule has 1 aliphatic carbocycles. The number of fused-ring (bicyclic) bond motifs is 1. The van der Waals surface area contributed by atoms with Crippen LogP contribution in [-0.2, 0) is 4.79 Å². The van der Waals surface area contributed by atoms with E-state index in [2.05, 4.69) is 10.3 Å². The first-order chi connectivity index (χ1) is 15.6. The number of aromatic nitrogens is 2. The van der Waals surface area contributed by atoms with Gasteiger partial charge in [-0.2, -0.15) is 0 Å². The molecule has 4 aromatic rings. The molecular weight excluding hydrogens is 425 g/mol. The molecule has 0 bridgehead atoms. The van der Waals surface area contributed by atoms with Crippen LogP contribution in [0.1, 0.15) is 23.7 Å². The van der Waals surface area contributed by atoms with Crippen LogP contribution in [0.25, 0.3) is 16.6 Å². The van der Waals surface area contributed by atoms with Gasteiger partial charge in [-0.3, -0.25) is 14.2 Å². The first-order valence-electron chi connectivity index (χ1n) is 10.4. The SMILES string of the molecule is O=C(NC1CC1)[C@@H](Sc1nc2ccccc2c(=O)n1-c1ccccc1F)c1ccccc1. The van der Waals surface area contributed by atoms with E-state index in [1.54, 1.807) is 42.5 Å². The van der Waals surface area contributed by atoms with Crippen LogP contribution < -0.4 is 10.9 Å². The third kappa shape index (κ3) is 4.03. The minimum atomic E-state index is -0.636. The summed E-state index contributed by atoms with van der Waals surface area (Å²) in [5.41, 5.74) is 1.02. The minimum absolute atomic E-state index is 0.104. The molecule has 0 spiro atoms. The van der Waals surface area contributed by atoms with Crippen molar-refractivity contribution in [2.24, 2.45) is 0 Å². The molecule has 1 heterocycles. The number of thioether (sulfide) groups is 1. The molecule has 1 atom stereocenters. The molecule has 1 fully saturated rings. The number of carbonyl (C=O) groups excluding carboxylic acids is 1. The van der Waals surface area contributed by atoms with Crippen LogP contribution in [0.15, 0.2) is 88.8 Å². The van der Waals surface area contributed by atoms with Crippen molar-refractivity contribution in [3.63, 3.8) is 0 Å². The molecule has 3 aromatic carbocycles. The lowest BCUT2D eigenvalue weighted by atomic mass is 10.1. The Morgan fingerprint density at radius 3 is 2.44 bits per heavy atom. The lowest BCUT2D eigenvalue weighted by Crippen LogP contribution is -2.30. The molecule has 160 valence electrons. The van der Waals surface area contributed by atoms with Gasteiger partial charge in [0.2, 0.25) is 5.91 Å². The Kier molecular flexibility index (Phi) is 5.49. The van der Waals surface area contributed by atoms with E-state index in [-0.39, 0.29) is 28.4 Å². The monoisotopic (exact) mass is 445 g/mol.